The second kappa shape index (κ2) is 7.43. The van der Waals surface area contributed by atoms with E-state index in [-0.39, 0.29) is 17.1 Å². The number of phenols is 1. The molecule has 1 N–H and O–H groups in total. The molecule has 0 spiro atoms. The van der Waals surface area contributed by atoms with Gasteiger partial charge in [0.15, 0.2) is 5.78 Å². The largest absolute Gasteiger partial charge is 0.507 e. The van der Waals surface area contributed by atoms with Gasteiger partial charge in [-0.15, -0.1) is 0 Å². The molecule has 0 saturated heterocycles. The van der Waals surface area contributed by atoms with E-state index < -0.39 is 0 Å². The summed E-state index contributed by atoms with van der Waals surface area (Å²) in [7, 11) is 3.02. The fraction of sp³-hybridized carbons (Fsp3) is 0.167. The number of ether oxygens (including phenoxy) is 2. The monoisotopic (exact) mass is 298 g/mol. The predicted molar refractivity (Wildman–Crippen MR) is 85.2 cm³/mol. The van der Waals surface area contributed by atoms with E-state index in [1.54, 1.807) is 19.3 Å². The van der Waals surface area contributed by atoms with Gasteiger partial charge in [-0.2, -0.15) is 0 Å². The van der Waals surface area contributed by atoms with Gasteiger partial charge in [0.1, 0.15) is 17.1 Å². The minimum Gasteiger partial charge on any atom is -0.507 e. The van der Waals surface area contributed by atoms with Crippen molar-refractivity contribution in [3.05, 3.63) is 65.2 Å². The number of ketones is 1. The van der Waals surface area contributed by atoms with Crippen molar-refractivity contribution in [3.63, 3.8) is 0 Å². The molecule has 22 heavy (non-hydrogen) atoms. The van der Waals surface area contributed by atoms with Gasteiger partial charge in [-0.25, -0.2) is 0 Å². The SMILES string of the molecule is COCc1cc(O)c(C(=O)/C=C/c2ccccc2)c(OC)c1. The van der Waals surface area contributed by atoms with Gasteiger partial charge in [-0.1, -0.05) is 36.4 Å². The zero-order valence-corrected chi connectivity index (χ0v) is 12.6. The van der Waals surface area contributed by atoms with Crippen LogP contribution in [0.3, 0.4) is 0 Å². The molecule has 0 heterocycles. The van der Waals surface area contributed by atoms with Gasteiger partial charge in [-0.05, 0) is 29.3 Å². The number of hydrogen-bond donors (Lipinski definition) is 1. The Labute approximate surface area is 129 Å². The van der Waals surface area contributed by atoms with Crippen molar-refractivity contribution < 1.29 is 19.4 Å². The molecule has 2 aromatic rings. The lowest BCUT2D eigenvalue weighted by molar-refractivity contribution is 0.104. The molecule has 0 fully saturated rings. The van der Waals surface area contributed by atoms with Crippen LogP contribution in [0.1, 0.15) is 21.5 Å². The van der Waals surface area contributed by atoms with Crippen molar-refractivity contribution in [1.82, 2.24) is 0 Å². The lowest BCUT2D eigenvalue weighted by Crippen LogP contribution is -2.01. The number of carbonyl (C=O) groups is 1. The third-order valence-electron chi connectivity index (χ3n) is 3.15. The smallest absolute Gasteiger partial charge is 0.193 e. The van der Waals surface area contributed by atoms with E-state index in [1.807, 2.05) is 30.3 Å². The average molecular weight is 298 g/mol. The normalized spacial score (nSPS) is 10.8. The van der Waals surface area contributed by atoms with Crippen LogP contribution < -0.4 is 4.74 Å². The molecule has 0 aliphatic heterocycles. The first-order valence-corrected chi connectivity index (χ1v) is 6.82. The minimum atomic E-state index is -0.317. The molecule has 2 aromatic carbocycles. The average Bonchev–Trinajstić information content (AvgIpc) is 2.53. The molecule has 114 valence electrons. The van der Waals surface area contributed by atoms with Crippen LogP contribution in [0.15, 0.2) is 48.5 Å². The van der Waals surface area contributed by atoms with E-state index in [0.29, 0.717) is 12.4 Å². The summed E-state index contributed by atoms with van der Waals surface area (Å²) in [4.78, 5) is 12.3. The van der Waals surface area contributed by atoms with Gasteiger partial charge in [0.05, 0.1) is 13.7 Å². The van der Waals surface area contributed by atoms with Crippen molar-refractivity contribution in [1.29, 1.82) is 0 Å². The second-order valence-corrected chi connectivity index (χ2v) is 4.73. The topological polar surface area (TPSA) is 55.8 Å². The molecule has 0 atom stereocenters. The first-order chi connectivity index (χ1) is 10.7. The summed E-state index contributed by atoms with van der Waals surface area (Å²) in [5.41, 5.74) is 1.79. The van der Waals surface area contributed by atoms with E-state index in [9.17, 15) is 9.90 Å². The zero-order valence-electron chi connectivity index (χ0n) is 12.6. The summed E-state index contributed by atoms with van der Waals surface area (Å²) in [5, 5.41) is 10.1. The predicted octanol–water partition coefficient (Wildman–Crippen LogP) is 3.44. The van der Waals surface area contributed by atoms with Crippen LogP contribution in [-0.4, -0.2) is 25.1 Å². The summed E-state index contributed by atoms with van der Waals surface area (Å²) < 4.78 is 10.2. The number of rotatable bonds is 6. The molecule has 4 heteroatoms. The highest BCUT2D eigenvalue weighted by molar-refractivity contribution is 6.10. The van der Waals surface area contributed by atoms with Crippen LogP contribution in [0.2, 0.25) is 0 Å². The Balaban J connectivity index is 2.31. The third kappa shape index (κ3) is 3.74. The highest BCUT2D eigenvalue weighted by atomic mass is 16.5. The number of carbonyl (C=O) groups excluding carboxylic acids is 1. The van der Waals surface area contributed by atoms with Crippen LogP contribution in [0, 0.1) is 0 Å². The Morgan fingerprint density at radius 1 is 1.18 bits per heavy atom. The van der Waals surface area contributed by atoms with Crippen molar-refractivity contribution in [2.75, 3.05) is 14.2 Å². The lowest BCUT2D eigenvalue weighted by Gasteiger charge is -2.10. The fourth-order valence-electron chi connectivity index (χ4n) is 2.13. The Bertz CT molecular complexity index is 675. The number of hydrogen-bond acceptors (Lipinski definition) is 4. The lowest BCUT2D eigenvalue weighted by atomic mass is 10.0. The summed E-state index contributed by atoms with van der Waals surface area (Å²) in [5.74, 6) is -0.106. The summed E-state index contributed by atoms with van der Waals surface area (Å²) in [6, 6.07) is 12.7. The van der Waals surface area contributed by atoms with Crippen molar-refractivity contribution in [3.8, 4) is 11.5 Å². The maximum Gasteiger partial charge on any atom is 0.193 e. The molecule has 2 rings (SSSR count). The summed E-state index contributed by atoms with van der Waals surface area (Å²) >= 11 is 0. The van der Waals surface area contributed by atoms with E-state index in [0.717, 1.165) is 11.1 Å². The summed E-state index contributed by atoms with van der Waals surface area (Å²) in [6.07, 6.45) is 3.12. The van der Waals surface area contributed by atoms with Crippen molar-refractivity contribution in [2.45, 2.75) is 6.61 Å². The molecular formula is C18H18O4. The molecule has 0 amide bonds. The summed E-state index contributed by atoms with van der Waals surface area (Å²) in [6.45, 7) is 0.332. The molecule has 4 nitrogen and oxygen atoms in total. The van der Waals surface area contributed by atoms with Gasteiger partial charge in [-0.3, -0.25) is 4.79 Å². The van der Waals surface area contributed by atoms with Crippen molar-refractivity contribution >= 4 is 11.9 Å². The Morgan fingerprint density at radius 2 is 1.91 bits per heavy atom. The molecule has 0 bridgehead atoms. The quantitative estimate of drug-likeness (QED) is 0.655. The Kier molecular flexibility index (Phi) is 5.33. The first kappa shape index (κ1) is 15.8. The zero-order chi connectivity index (χ0) is 15.9. The van der Waals surface area contributed by atoms with Crippen LogP contribution in [0.25, 0.3) is 6.08 Å². The highest BCUT2D eigenvalue weighted by Crippen LogP contribution is 2.31. The minimum absolute atomic E-state index is 0.117. The van der Waals surface area contributed by atoms with Gasteiger partial charge in [0, 0.05) is 7.11 Å². The maximum atomic E-state index is 12.3. The number of phenolic OH excluding ortho intramolecular Hbond substituents is 1. The highest BCUT2D eigenvalue weighted by Gasteiger charge is 2.16. The van der Waals surface area contributed by atoms with E-state index >= 15 is 0 Å². The number of benzene rings is 2. The molecule has 0 unspecified atom stereocenters. The van der Waals surface area contributed by atoms with E-state index in [4.69, 9.17) is 9.47 Å². The maximum absolute atomic E-state index is 12.3. The van der Waals surface area contributed by atoms with Crippen LogP contribution in [0.4, 0.5) is 0 Å². The molecule has 0 aliphatic rings. The number of aromatic hydroxyl groups is 1. The van der Waals surface area contributed by atoms with Crippen LogP contribution in [0.5, 0.6) is 11.5 Å². The van der Waals surface area contributed by atoms with Gasteiger partial charge in [0.2, 0.25) is 0 Å². The van der Waals surface area contributed by atoms with E-state index in [1.165, 1.54) is 19.3 Å². The molecule has 0 radical (unpaired) electrons. The standard InChI is InChI=1S/C18H18O4/c1-21-12-14-10-16(20)18(17(11-14)22-2)15(19)9-8-13-6-4-3-5-7-13/h3-11,20H,12H2,1-2H3/b9-8+. The first-order valence-electron chi connectivity index (χ1n) is 6.82. The Hall–Kier alpha value is -2.59. The van der Waals surface area contributed by atoms with Crippen molar-refractivity contribution in [2.24, 2.45) is 0 Å². The van der Waals surface area contributed by atoms with Gasteiger partial charge in [0.25, 0.3) is 0 Å². The van der Waals surface area contributed by atoms with Crippen LogP contribution in [-0.2, 0) is 11.3 Å². The number of allylic oxidation sites excluding steroid dienone is 1. The van der Waals surface area contributed by atoms with Crippen LogP contribution >= 0.6 is 0 Å². The van der Waals surface area contributed by atoms with Gasteiger partial charge >= 0.3 is 0 Å². The molecule has 0 aromatic heterocycles. The third-order valence-corrected chi connectivity index (χ3v) is 3.15. The second-order valence-electron chi connectivity index (χ2n) is 4.73. The molecule has 0 saturated carbocycles. The van der Waals surface area contributed by atoms with E-state index in [2.05, 4.69) is 0 Å². The van der Waals surface area contributed by atoms with Gasteiger partial charge < -0.3 is 14.6 Å². The molecular weight excluding hydrogens is 280 g/mol. The number of methoxy groups -OCH3 is 2. The molecule has 0 aliphatic carbocycles. The fourth-order valence-corrected chi connectivity index (χ4v) is 2.13. The Morgan fingerprint density at radius 3 is 2.55 bits per heavy atom.